The molecule has 1 aromatic carbocycles. The lowest BCUT2D eigenvalue weighted by molar-refractivity contribution is -0.127. The summed E-state index contributed by atoms with van der Waals surface area (Å²) in [5.74, 6) is -0.379. The first kappa shape index (κ1) is 29.1. The second kappa shape index (κ2) is 11.7. The predicted molar refractivity (Wildman–Crippen MR) is 142 cm³/mol. The van der Waals surface area contributed by atoms with Crippen LogP contribution in [0.1, 0.15) is 56.8 Å². The fourth-order valence-electron chi connectivity index (χ4n) is 5.15. The summed E-state index contributed by atoms with van der Waals surface area (Å²) >= 11 is 0. The first-order valence-corrected chi connectivity index (χ1v) is 15.1. The zero-order valence-corrected chi connectivity index (χ0v) is 23.6. The molecule has 216 valence electrons. The number of fused-ring (bicyclic) bond motifs is 5. The van der Waals surface area contributed by atoms with Crippen molar-refractivity contribution in [3.63, 3.8) is 0 Å². The van der Waals surface area contributed by atoms with E-state index in [9.17, 15) is 22.8 Å². The van der Waals surface area contributed by atoms with Gasteiger partial charge < -0.3 is 24.8 Å². The van der Waals surface area contributed by atoms with Crippen LogP contribution in [-0.2, 0) is 24.3 Å². The van der Waals surface area contributed by atoms with E-state index in [2.05, 4.69) is 15.4 Å². The highest BCUT2D eigenvalue weighted by Gasteiger charge is 2.43. The van der Waals surface area contributed by atoms with Crippen molar-refractivity contribution in [2.45, 2.75) is 82.4 Å². The smallest absolute Gasteiger partial charge is 0.411 e. The van der Waals surface area contributed by atoms with Crippen LogP contribution in [0.25, 0.3) is 0 Å². The Morgan fingerprint density at radius 3 is 2.62 bits per heavy atom. The van der Waals surface area contributed by atoms with Crippen LogP contribution < -0.4 is 20.1 Å². The van der Waals surface area contributed by atoms with E-state index in [4.69, 9.17) is 14.2 Å². The summed E-state index contributed by atoms with van der Waals surface area (Å²) in [5, 5.41) is 5.78. The maximum atomic E-state index is 13.4. The molecular formula is C26H38N4O8S. The maximum absolute atomic E-state index is 13.4. The molecule has 3 amide bonds. The summed E-state index contributed by atoms with van der Waals surface area (Å²) in [6.45, 7) is 5.62. The highest BCUT2D eigenvalue weighted by Crippen LogP contribution is 2.26. The van der Waals surface area contributed by atoms with Crippen LogP contribution in [0, 0.1) is 0 Å². The molecule has 0 spiro atoms. The number of carbonyl (C=O) groups is 3. The zero-order chi connectivity index (χ0) is 28.4. The Labute approximate surface area is 229 Å². The SMILES string of the molecule is CC(C)(C)OC(=O)N1C[C@H]2C[C@H]1C(=O)NC[C@H]1O[C@H](CCOc3ccccc3C(=O)N2)CC[C@H]1NS(C)(=O)=O. The number of likely N-dealkylation sites (tertiary alicyclic amines) is 1. The van der Waals surface area contributed by atoms with E-state index in [1.165, 1.54) is 4.90 Å². The minimum Gasteiger partial charge on any atom is -0.493 e. The number of hydrogen-bond acceptors (Lipinski definition) is 8. The number of carbonyl (C=O) groups excluding carboxylic acids is 3. The molecule has 39 heavy (non-hydrogen) atoms. The molecule has 13 heteroatoms. The normalized spacial score (nSPS) is 28.5. The molecule has 3 aliphatic heterocycles. The van der Waals surface area contributed by atoms with Gasteiger partial charge in [0, 0.05) is 31.6 Å². The topological polar surface area (TPSA) is 152 Å². The predicted octanol–water partition coefficient (Wildman–Crippen LogP) is 1.16. The molecule has 4 rings (SSSR count). The van der Waals surface area contributed by atoms with Crippen LogP contribution in [-0.4, -0.2) is 93.1 Å². The van der Waals surface area contributed by atoms with Gasteiger partial charge in [0.25, 0.3) is 5.91 Å². The number of ether oxygens (including phenoxy) is 3. The Kier molecular flexibility index (Phi) is 8.72. The van der Waals surface area contributed by atoms with Crippen LogP contribution in [0.15, 0.2) is 24.3 Å². The van der Waals surface area contributed by atoms with Gasteiger partial charge >= 0.3 is 6.09 Å². The number of para-hydroxylation sites is 1. The third kappa shape index (κ3) is 7.83. The van der Waals surface area contributed by atoms with Gasteiger partial charge in [0.05, 0.1) is 30.6 Å². The van der Waals surface area contributed by atoms with Gasteiger partial charge in [-0.15, -0.1) is 0 Å². The molecule has 0 aliphatic carbocycles. The van der Waals surface area contributed by atoms with Crippen LogP contribution in [0.2, 0.25) is 0 Å². The molecule has 0 radical (unpaired) electrons. The summed E-state index contributed by atoms with van der Waals surface area (Å²) in [5.41, 5.74) is -0.429. The van der Waals surface area contributed by atoms with E-state index in [1.54, 1.807) is 45.0 Å². The molecule has 3 N–H and O–H groups in total. The zero-order valence-electron chi connectivity index (χ0n) is 22.8. The van der Waals surface area contributed by atoms with Crippen molar-refractivity contribution in [1.82, 2.24) is 20.3 Å². The summed E-state index contributed by atoms with van der Waals surface area (Å²) in [6, 6.07) is 4.97. The van der Waals surface area contributed by atoms with Crippen LogP contribution in [0.3, 0.4) is 0 Å². The van der Waals surface area contributed by atoms with E-state index in [0.29, 0.717) is 30.6 Å². The molecule has 0 unspecified atom stereocenters. The second-order valence-corrected chi connectivity index (χ2v) is 13.1. The Morgan fingerprint density at radius 2 is 1.90 bits per heavy atom. The van der Waals surface area contributed by atoms with Crippen LogP contribution in [0.4, 0.5) is 4.79 Å². The Balaban J connectivity index is 1.61. The van der Waals surface area contributed by atoms with E-state index >= 15 is 0 Å². The highest BCUT2D eigenvalue weighted by molar-refractivity contribution is 7.88. The van der Waals surface area contributed by atoms with Crippen molar-refractivity contribution in [2.75, 3.05) is 26.0 Å². The second-order valence-electron chi connectivity index (χ2n) is 11.3. The van der Waals surface area contributed by atoms with Crippen molar-refractivity contribution in [1.29, 1.82) is 0 Å². The minimum absolute atomic E-state index is 0.0435. The van der Waals surface area contributed by atoms with Crippen molar-refractivity contribution in [3.05, 3.63) is 29.8 Å². The minimum atomic E-state index is -3.51. The van der Waals surface area contributed by atoms with E-state index < -0.39 is 51.9 Å². The molecule has 3 aliphatic rings. The molecule has 0 saturated carbocycles. The number of amides is 3. The lowest BCUT2D eigenvalue weighted by Crippen LogP contribution is -2.55. The van der Waals surface area contributed by atoms with Gasteiger partial charge in [0.2, 0.25) is 15.9 Å². The number of nitrogens with one attached hydrogen (secondary N) is 3. The average Bonchev–Trinajstić information content (AvgIpc) is 3.25. The third-order valence-electron chi connectivity index (χ3n) is 6.85. The van der Waals surface area contributed by atoms with Crippen molar-refractivity contribution >= 4 is 27.9 Å². The molecule has 3 heterocycles. The molecule has 2 fully saturated rings. The van der Waals surface area contributed by atoms with E-state index in [-0.39, 0.29) is 38.1 Å². The van der Waals surface area contributed by atoms with Gasteiger partial charge in [-0.1, -0.05) is 12.1 Å². The van der Waals surface area contributed by atoms with Gasteiger partial charge in [-0.25, -0.2) is 17.9 Å². The molecule has 0 aromatic heterocycles. The number of rotatable bonds is 2. The lowest BCUT2D eigenvalue weighted by Gasteiger charge is -2.37. The number of hydrogen-bond donors (Lipinski definition) is 3. The summed E-state index contributed by atoms with van der Waals surface area (Å²) in [7, 11) is -3.51. The van der Waals surface area contributed by atoms with E-state index in [0.717, 1.165) is 6.26 Å². The van der Waals surface area contributed by atoms with Gasteiger partial charge in [-0.2, -0.15) is 0 Å². The van der Waals surface area contributed by atoms with E-state index in [1.807, 2.05) is 0 Å². The molecule has 12 nitrogen and oxygen atoms in total. The molecule has 2 saturated heterocycles. The van der Waals surface area contributed by atoms with Gasteiger partial charge in [-0.05, 0) is 52.2 Å². The van der Waals surface area contributed by atoms with Crippen molar-refractivity contribution in [3.8, 4) is 5.75 Å². The lowest BCUT2D eigenvalue weighted by atomic mass is 9.97. The van der Waals surface area contributed by atoms with Gasteiger partial charge in [-0.3, -0.25) is 14.5 Å². The highest BCUT2D eigenvalue weighted by atomic mass is 32.2. The fourth-order valence-corrected chi connectivity index (χ4v) is 5.97. The number of nitrogens with zero attached hydrogens (tertiary/aromatic N) is 1. The average molecular weight is 567 g/mol. The fraction of sp³-hybridized carbons (Fsp3) is 0.654. The summed E-state index contributed by atoms with van der Waals surface area (Å²) in [6.07, 6.45) is 1.40. The standard InChI is InChI=1S/C26H38N4O8S/c1-26(2,3)38-25(33)30-15-16-13-20(30)24(32)27-14-22-19(29-39(4,34)35)10-9-17(37-22)11-12-36-21-8-6-5-7-18(21)23(31)28-16/h5-8,16-17,19-20,22,29H,9-15H2,1-4H3,(H,27,32)(H,28,31)/t16-,17+,19-,20+,22-/m1/s1. The third-order valence-corrected chi connectivity index (χ3v) is 7.59. The van der Waals surface area contributed by atoms with Crippen molar-refractivity contribution in [2.24, 2.45) is 0 Å². The largest absolute Gasteiger partial charge is 0.493 e. The quantitative estimate of drug-likeness (QED) is 0.482. The Bertz CT molecular complexity index is 1180. The van der Waals surface area contributed by atoms with Gasteiger partial charge in [0.1, 0.15) is 17.4 Å². The first-order chi connectivity index (χ1) is 18.3. The number of sulfonamides is 1. The first-order valence-electron chi connectivity index (χ1n) is 13.2. The Morgan fingerprint density at radius 1 is 1.15 bits per heavy atom. The monoisotopic (exact) mass is 566 g/mol. The summed E-state index contributed by atoms with van der Waals surface area (Å²) in [4.78, 5) is 40.9. The Hall–Kier alpha value is -2.90. The molecule has 1 aromatic rings. The number of benzene rings is 1. The van der Waals surface area contributed by atoms with Crippen molar-refractivity contribution < 1.29 is 37.0 Å². The maximum Gasteiger partial charge on any atom is 0.411 e. The summed E-state index contributed by atoms with van der Waals surface area (Å²) < 4.78 is 44.3. The molecule has 5 atom stereocenters. The van der Waals surface area contributed by atoms with Crippen LogP contribution in [0.5, 0.6) is 5.75 Å². The molecular weight excluding hydrogens is 528 g/mol. The molecule has 4 bridgehead atoms. The van der Waals surface area contributed by atoms with Crippen LogP contribution >= 0.6 is 0 Å². The van der Waals surface area contributed by atoms with Gasteiger partial charge in [0.15, 0.2) is 0 Å².